The minimum atomic E-state index is -4.34. The highest BCUT2D eigenvalue weighted by Crippen LogP contribution is 2.31. The fourth-order valence-electron chi connectivity index (χ4n) is 1.43. The van der Waals surface area contributed by atoms with Crippen molar-refractivity contribution in [1.82, 2.24) is 4.98 Å². The van der Waals surface area contributed by atoms with Crippen LogP contribution in [0.1, 0.15) is 11.3 Å². The number of carbonyl (C=O) groups excluding carboxylic acids is 1. The Morgan fingerprint density at radius 1 is 1.26 bits per heavy atom. The minimum absolute atomic E-state index is 0.0562. The van der Waals surface area contributed by atoms with Crippen LogP contribution in [0.5, 0.6) is 0 Å². The van der Waals surface area contributed by atoms with Gasteiger partial charge in [0.05, 0.1) is 11.3 Å². The molecule has 0 spiro atoms. The SMILES string of the molecule is O=COCc1csc(-c2ccc(C(F)(F)F)cc2)n1. The summed E-state index contributed by atoms with van der Waals surface area (Å²) in [5.41, 5.74) is 0.458. The van der Waals surface area contributed by atoms with Gasteiger partial charge < -0.3 is 4.74 Å². The number of benzene rings is 1. The molecule has 0 aliphatic heterocycles. The highest BCUT2D eigenvalue weighted by molar-refractivity contribution is 7.13. The monoisotopic (exact) mass is 287 g/mol. The molecule has 1 heterocycles. The maximum Gasteiger partial charge on any atom is 0.416 e. The van der Waals surface area contributed by atoms with Crippen LogP contribution < -0.4 is 0 Å². The Bertz CT molecular complexity index is 563. The van der Waals surface area contributed by atoms with E-state index >= 15 is 0 Å². The third kappa shape index (κ3) is 3.31. The van der Waals surface area contributed by atoms with E-state index in [0.29, 0.717) is 22.7 Å². The summed E-state index contributed by atoms with van der Waals surface area (Å²) >= 11 is 1.28. The lowest BCUT2D eigenvalue weighted by atomic mass is 10.1. The topological polar surface area (TPSA) is 39.2 Å². The smallest absolute Gasteiger partial charge is 0.416 e. The largest absolute Gasteiger partial charge is 0.461 e. The van der Waals surface area contributed by atoms with Crippen molar-refractivity contribution in [3.63, 3.8) is 0 Å². The van der Waals surface area contributed by atoms with E-state index < -0.39 is 11.7 Å². The Hall–Kier alpha value is -1.89. The summed E-state index contributed by atoms with van der Waals surface area (Å²) in [5.74, 6) is 0. The number of carbonyl (C=O) groups is 1. The third-order valence-electron chi connectivity index (χ3n) is 2.31. The molecule has 0 aliphatic carbocycles. The van der Waals surface area contributed by atoms with Crippen LogP contribution in [0.15, 0.2) is 29.6 Å². The molecule has 1 aromatic carbocycles. The Labute approximate surface area is 110 Å². The van der Waals surface area contributed by atoms with E-state index in [-0.39, 0.29) is 6.61 Å². The second kappa shape index (κ2) is 5.40. The van der Waals surface area contributed by atoms with Gasteiger partial charge in [-0.3, -0.25) is 4.79 Å². The predicted molar refractivity (Wildman–Crippen MR) is 63.4 cm³/mol. The molecule has 0 bridgehead atoms. The van der Waals surface area contributed by atoms with Crippen LogP contribution in [0.25, 0.3) is 10.6 Å². The number of alkyl halides is 3. The average Bonchev–Trinajstić information content (AvgIpc) is 2.84. The molecule has 0 saturated heterocycles. The zero-order valence-corrected chi connectivity index (χ0v) is 10.3. The Balaban J connectivity index is 2.18. The molecule has 3 nitrogen and oxygen atoms in total. The van der Waals surface area contributed by atoms with Crippen molar-refractivity contribution in [1.29, 1.82) is 0 Å². The molecule has 0 amide bonds. The number of ether oxygens (including phenoxy) is 1. The summed E-state index contributed by atoms with van der Waals surface area (Å²) in [7, 11) is 0. The molecule has 100 valence electrons. The molecule has 1 aromatic heterocycles. The molecule has 0 unspecified atom stereocenters. The summed E-state index contributed by atoms with van der Waals surface area (Å²) < 4.78 is 41.8. The zero-order valence-electron chi connectivity index (χ0n) is 9.48. The van der Waals surface area contributed by atoms with Crippen LogP contribution in [0, 0.1) is 0 Å². The zero-order chi connectivity index (χ0) is 13.9. The van der Waals surface area contributed by atoms with Gasteiger partial charge in [0.1, 0.15) is 11.6 Å². The second-order valence-corrected chi connectivity index (χ2v) is 4.48. The van der Waals surface area contributed by atoms with Gasteiger partial charge in [0.15, 0.2) is 0 Å². The van der Waals surface area contributed by atoms with Crippen molar-refractivity contribution >= 4 is 17.8 Å². The van der Waals surface area contributed by atoms with Crippen LogP contribution in [-0.2, 0) is 22.3 Å². The van der Waals surface area contributed by atoms with Crippen LogP contribution in [0.2, 0.25) is 0 Å². The van der Waals surface area contributed by atoms with E-state index in [0.717, 1.165) is 12.1 Å². The molecule has 7 heteroatoms. The Morgan fingerprint density at radius 2 is 1.95 bits per heavy atom. The van der Waals surface area contributed by atoms with Gasteiger partial charge in [-0.25, -0.2) is 4.98 Å². The summed E-state index contributed by atoms with van der Waals surface area (Å²) in [6.45, 7) is 0.373. The molecule has 0 atom stereocenters. The first-order valence-corrected chi connectivity index (χ1v) is 6.06. The van der Waals surface area contributed by atoms with Crippen LogP contribution in [0.4, 0.5) is 13.2 Å². The molecular weight excluding hydrogens is 279 g/mol. The fraction of sp³-hybridized carbons (Fsp3) is 0.167. The molecule has 19 heavy (non-hydrogen) atoms. The molecule has 0 radical (unpaired) electrons. The molecule has 0 aliphatic rings. The summed E-state index contributed by atoms with van der Waals surface area (Å²) in [5, 5.41) is 2.27. The third-order valence-corrected chi connectivity index (χ3v) is 3.25. The number of aromatic nitrogens is 1. The normalized spacial score (nSPS) is 11.3. The van der Waals surface area contributed by atoms with Crippen LogP contribution in [0.3, 0.4) is 0 Å². The van der Waals surface area contributed by atoms with Gasteiger partial charge in [0.2, 0.25) is 0 Å². The first-order chi connectivity index (χ1) is 9.00. The van der Waals surface area contributed by atoms with E-state index in [2.05, 4.69) is 9.72 Å². The van der Waals surface area contributed by atoms with Crippen LogP contribution in [-0.4, -0.2) is 11.5 Å². The predicted octanol–water partition coefficient (Wildman–Crippen LogP) is 3.50. The molecule has 0 fully saturated rings. The fourth-order valence-corrected chi connectivity index (χ4v) is 2.24. The lowest BCUT2D eigenvalue weighted by Crippen LogP contribution is -2.03. The number of thiazole rings is 1. The maximum atomic E-state index is 12.4. The number of hydrogen-bond acceptors (Lipinski definition) is 4. The van der Waals surface area contributed by atoms with E-state index in [4.69, 9.17) is 0 Å². The number of rotatable bonds is 4. The maximum absolute atomic E-state index is 12.4. The molecular formula is C12H8F3NO2S. The lowest BCUT2D eigenvalue weighted by molar-refractivity contribution is -0.137. The van der Waals surface area contributed by atoms with Crippen LogP contribution >= 0.6 is 11.3 Å². The van der Waals surface area contributed by atoms with Gasteiger partial charge in [0, 0.05) is 10.9 Å². The van der Waals surface area contributed by atoms with Crippen molar-refractivity contribution in [2.45, 2.75) is 12.8 Å². The first-order valence-electron chi connectivity index (χ1n) is 5.18. The van der Waals surface area contributed by atoms with E-state index in [1.807, 2.05) is 0 Å². The summed E-state index contributed by atoms with van der Waals surface area (Å²) in [4.78, 5) is 14.2. The van der Waals surface area contributed by atoms with Gasteiger partial charge in [-0.15, -0.1) is 11.3 Å². The molecule has 2 aromatic rings. The standard InChI is InChI=1S/C12H8F3NO2S/c13-12(14,15)9-3-1-8(2-4-9)11-16-10(6-19-11)5-18-7-17/h1-4,6-7H,5H2. The van der Waals surface area contributed by atoms with E-state index in [1.54, 1.807) is 5.38 Å². The van der Waals surface area contributed by atoms with Gasteiger partial charge in [0.25, 0.3) is 6.47 Å². The van der Waals surface area contributed by atoms with Gasteiger partial charge in [-0.2, -0.15) is 13.2 Å². The summed E-state index contributed by atoms with van der Waals surface area (Å²) in [6, 6.07) is 4.76. The van der Waals surface area contributed by atoms with Crippen molar-refractivity contribution < 1.29 is 22.7 Å². The number of halogens is 3. The molecule has 0 N–H and O–H groups in total. The van der Waals surface area contributed by atoms with Crippen molar-refractivity contribution in [3.8, 4) is 10.6 Å². The van der Waals surface area contributed by atoms with Crippen molar-refractivity contribution in [2.75, 3.05) is 0 Å². The van der Waals surface area contributed by atoms with Gasteiger partial charge >= 0.3 is 6.18 Å². The second-order valence-electron chi connectivity index (χ2n) is 3.63. The number of nitrogens with zero attached hydrogens (tertiary/aromatic N) is 1. The van der Waals surface area contributed by atoms with Crippen molar-refractivity contribution in [3.05, 3.63) is 40.9 Å². The van der Waals surface area contributed by atoms with E-state index in [1.165, 1.54) is 23.5 Å². The quantitative estimate of drug-likeness (QED) is 0.808. The number of hydrogen-bond donors (Lipinski definition) is 0. The Kier molecular flexibility index (Phi) is 3.84. The minimum Gasteiger partial charge on any atom is -0.461 e. The van der Waals surface area contributed by atoms with Gasteiger partial charge in [-0.1, -0.05) is 12.1 Å². The lowest BCUT2D eigenvalue weighted by Gasteiger charge is -2.06. The average molecular weight is 287 g/mol. The summed E-state index contributed by atoms with van der Waals surface area (Å²) in [6.07, 6.45) is -4.34. The molecule has 0 saturated carbocycles. The Morgan fingerprint density at radius 3 is 2.53 bits per heavy atom. The van der Waals surface area contributed by atoms with E-state index in [9.17, 15) is 18.0 Å². The highest BCUT2D eigenvalue weighted by Gasteiger charge is 2.30. The highest BCUT2D eigenvalue weighted by atomic mass is 32.1. The van der Waals surface area contributed by atoms with Crippen molar-refractivity contribution in [2.24, 2.45) is 0 Å². The molecule has 2 rings (SSSR count). The first kappa shape index (κ1) is 13.5. The van der Waals surface area contributed by atoms with Gasteiger partial charge in [-0.05, 0) is 12.1 Å².